The van der Waals surface area contributed by atoms with Gasteiger partial charge in [0, 0.05) is 20.9 Å². The summed E-state index contributed by atoms with van der Waals surface area (Å²) in [5, 5.41) is 57.8. The van der Waals surface area contributed by atoms with Gasteiger partial charge in [-0.3, -0.25) is 14.6 Å². The van der Waals surface area contributed by atoms with Crippen LogP contribution >= 0.6 is 0 Å². The lowest BCUT2D eigenvalue weighted by Gasteiger charge is -2.38. The molecule has 0 fully saturated rings. The van der Waals surface area contributed by atoms with Gasteiger partial charge in [-0.1, -0.05) is 0 Å². The molecule has 0 radical (unpaired) electrons. The van der Waals surface area contributed by atoms with Gasteiger partial charge in [0.15, 0.2) is 6.23 Å². The van der Waals surface area contributed by atoms with Crippen LogP contribution in [0.3, 0.4) is 0 Å². The SMILES string of the molecule is CC(=O)N(C)N(C(C)=O)C(O)[C@H](O)[C@@H](O)[C@H](O)[C@H](O)CO. The number of hydrogen-bond acceptors (Lipinski definition) is 8. The van der Waals surface area contributed by atoms with Crippen LogP contribution in [0.2, 0.25) is 0 Å². The van der Waals surface area contributed by atoms with E-state index in [9.17, 15) is 35.1 Å². The van der Waals surface area contributed by atoms with Gasteiger partial charge in [0.05, 0.1) is 6.61 Å². The van der Waals surface area contributed by atoms with Crippen LogP contribution < -0.4 is 0 Å². The average Bonchev–Trinajstić information content (AvgIpc) is 2.43. The summed E-state index contributed by atoms with van der Waals surface area (Å²) in [5.74, 6) is -1.43. The van der Waals surface area contributed by atoms with Gasteiger partial charge in [0.25, 0.3) is 0 Å². The molecule has 124 valence electrons. The minimum Gasteiger partial charge on any atom is -0.394 e. The fraction of sp³-hybridized carbons (Fsp3) is 0.818. The van der Waals surface area contributed by atoms with Crippen LogP contribution in [0, 0.1) is 0 Å². The first-order valence-electron chi connectivity index (χ1n) is 6.11. The molecule has 0 saturated carbocycles. The van der Waals surface area contributed by atoms with Crippen LogP contribution in [0.4, 0.5) is 0 Å². The molecule has 2 amide bonds. The van der Waals surface area contributed by atoms with Crippen molar-refractivity contribution in [2.45, 2.75) is 44.5 Å². The number of amides is 2. The molecule has 1 unspecified atom stereocenters. The first-order valence-corrected chi connectivity index (χ1v) is 6.11. The van der Waals surface area contributed by atoms with Crippen molar-refractivity contribution in [3.63, 3.8) is 0 Å². The molecule has 6 N–H and O–H groups in total. The second kappa shape index (κ2) is 8.22. The number of rotatable bonds is 6. The number of carbonyl (C=O) groups is 2. The van der Waals surface area contributed by atoms with Crippen molar-refractivity contribution < 1.29 is 40.2 Å². The minimum atomic E-state index is -2.09. The molecule has 0 aliphatic carbocycles. The molecule has 10 nitrogen and oxygen atoms in total. The van der Waals surface area contributed by atoms with Gasteiger partial charge in [-0.15, -0.1) is 0 Å². The van der Waals surface area contributed by atoms with Gasteiger partial charge in [-0.05, 0) is 0 Å². The Morgan fingerprint density at radius 3 is 1.71 bits per heavy atom. The van der Waals surface area contributed by atoms with Gasteiger partial charge in [-0.2, -0.15) is 0 Å². The molecule has 21 heavy (non-hydrogen) atoms. The molecule has 0 spiro atoms. The van der Waals surface area contributed by atoms with E-state index in [-0.39, 0.29) is 0 Å². The van der Waals surface area contributed by atoms with E-state index in [2.05, 4.69) is 0 Å². The summed E-state index contributed by atoms with van der Waals surface area (Å²) >= 11 is 0. The Bertz CT molecular complexity index is 366. The summed E-state index contributed by atoms with van der Waals surface area (Å²) in [6.07, 6.45) is -9.92. The van der Waals surface area contributed by atoms with Gasteiger partial charge in [0.1, 0.15) is 24.4 Å². The van der Waals surface area contributed by atoms with Crippen molar-refractivity contribution in [3.05, 3.63) is 0 Å². The van der Waals surface area contributed by atoms with Crippen LogP contribution in [-0.2, 0) is 9.59 Å². The lowest BCUT2D eigenvalue weighted by Crippen LogP contribution is -2.60. The molecule has 0 bridgehead atoms. The van der Waals surface area contributed by atoms with Crippen molar-refractivity contribution in [1.29, 1.82) is 0 Å². The number of hydrogen-bond donors (Lipinski definition) is 6. The van der Waals surface area contributed by atoms with E-state index in [0.717, 1.165) is 25.9 Å². The zero-order valence-electron chi connectivity index (χ0n) is 12.0. The molecule has 0 saturated heterocycles. The van der Waals surface area contributed by atoms with E-state index >= 15 is 0 Å². The summed E-state index contributed by atoms with van der Waals surface area (Å²) < 4.78 is 0. The number of carbonyl (C=O) groups excluding carboxylic acids is 2. The zero-order valence-corrected chi connectivity index (χ0v) is 12.0. The molecular formula is C11H22N2O8. The lowest BCUT2D eigenvalue weighted by atomic mass is 10.0. The van der Waals surface area contributed by atoms with E-state index in [1.54, 1.807) is 0 Å². The third kappa shape index (κ3) is 4.88. The van der Waals surface area contributed by atoms with Gasteiger partial charge in [-0.25, -0.2) is 5.01 Å². The molecule has 0 rings (SSSR count). The molecule has 0 aliphatic rings. The highest BCUT2D eigenvalue weighted by Gasteiger charge is 2.39. The van der Waals surface area contributed by atoms with Crippen molar-refractivity contribution in [3.8, 4) is 0 Å². The van der Waals surface area contributed by atoms with Gasteiger partial charge >= 0.3 is 0 Å². The zero-order chi connectivity index (χ0) is 16.9. The van der Waals surface area contributed by atoms with Crippen molar-refractivity contribution in [2.75, 3.05) is 13.7 Å². The van der Waals surface area contributed by atoms with Crippen LogP contribution in [0.15, 0.2) is 0 Å². The normalized spacial score (nSPS) is 18.3. The Kier molecular flexibility index (Phi) is 7.71. The summed E-state index contributed by atoms with van der Waals surface area (Å²) in [6, 6.07) is 0. The predicted molar refractivity (Wildman–Crippen MR) is 68.1 cm³/mol. The van der Waals surface area contributed by atoms with Crippen molar-refractivity contribution in [2.24, 2.45) is 0 Å². The second-order valence-electron chi connectivity index (χ2n) is 4.54. The largest absolute Gasteiger partial charge is 0.394 e. The van der Waals surface area contributed by atoms with Crippen molar-refractivity contribution in [1.82, 2.24) is 10.0 Å². The first-order chi connectivity index (χ1) is 9.56. The molecule has 0 aromatic heterocycles. The number of hydrazine groups is 1. The molecule has 0 aromatic carbocycles. The standard InChI is InChI=1S/C11H22N2O8/c1-5(15)12(3)13(6(2)16)11(21)10(20)9(19)8(18)7(17)4-14/h7-11,14,17-21H,4H2,1-3H3/t7-,8-,9+,10-,11?/m1/s1. The monoisotopic (exact) mass is 310 g/mol. The highest BCUT2D eigenvalue weighted by molar-refractivity contribution is 5.79. The van der Waals surface area contributed by atoms with Gasteiger partial charge in [0.2, 0.25) is 11.8 Å². The molecule has 0 aliphatic heterocycles. The van der Waals surface area contributed by atoms with E-state index in [1.165, 1.54) is 0 Å². The molecule has 0 aromatic rings. The smallest absolute Gasteiger partial charge is 0.240 e. The second-order valence-corrected chi connectivity index (χ2v) is 4.54. The predicted octanol–water partition coefficient (Wildman–Crippen LogP) is -4.02. The number of nitrogens with zero attached hydrogens (tertiary/aromatic N) is 2. The Labute approximate surface area is 121 Å². The highest BCUT2D eigenvalue weighted by atomic mass is 16.4. The Hall–Kier alpha value is -1.30. The molecule has 10 heteroatoms. The van der Waals surface area contributed by atoms with E-state index in [4.69, 9.17) is 5.11 Å². The third-order valence-electron chi connectivity index (χ3n) is 2.94. The van der Waals surface area contributed by atoms with Gasteiger partial charge < -0.3 is 30.6 Å². The molecular weight excluding hydrogens is 288 g/mol. The lowest BCUT2D eigenvalue weighted by molar-refractivity contribution is -0.213. The summed E-state index contributed by atoms with van der Waals surface area (Å²) in [6.45, 7) is 1.24. The first kappa shape index (κ1) is 19.7. The minimum absolute atomic E-state index is 0.480. The highest BCUT2D eigenvalue weighted by Crippen LogP contribution is 2.13. The third-order valence-corrected chi connectivity index (χ3v) is 2.94. The summed E-state index contributed by atoms with van der Waals surface area (Å²) in [5.41, 5.74) is 0. The maximum atomic E-state index is 11.4. The topological polar surface area (TPSA) is 162 Å². The van der Waals surface area contributed by atoms with Crippen LogP contribution in [-0.4, -0.2) is 96.8 Å². The molecule has 0 heterocycles. The number of aliphatic hydroxyl groups excluding tert-OH is 6. The summed E-state index contributed by atoms with van der Waals surface area (Å²) in [4.78, 5) is 22.7. The van der Waals surface area contributed by atoms with Crippen LogP contribution in [0.25, 0.3) is 0 Å². The van der Waals surface area contributed by atoms with Crippen LogP contribution in [0.5, 0.6) is 0 Å². The van der Waals surface area contributed by atoms with E-state index < -0.39 is 49.1 Å². The maximum absolute atomic E-state index is 11.4. The fourth-order valence-corrected chi connectivity index (χ4v) is 1.59. The Morgan fingerprint density at radius 2 is 1.38 bits per heavy atom. The number of aliphatic hydroxyl groups is 6. The Balaban J connectivity index is 5.13. The Morgan fingerprint density at radius 1 is 0.905 bits per heavy atom. The van der Waals surface area contributed by atoms with Crippen molar-refractivity contribution >= 4 is 11.8 Å². The quantitative estimate of drug-likeness (QED) is 0.213. The van der Waals surface area contributed by atoms with Crippen LogP contribution in [0.1, 0.15) is 13.8 Å². The summed E-state index contributed by atoms with van der Waals surface area (Å²) in [7, 11) is 1.16. The molecule has 5 atom stereocenters. The van der Waals surface area contributed by atoms with E-state index in [1.807, 2.05) is 0 Å². The average molecular weight is 310 g/mol. The van der Waals surface area contributed by atoms with E-state index in [0.29, 0.717) is 5.01 Å². The maximum Gasteiger partial charge on any atom is 0.240 e. The fourth-order valence-electron chi connectivity index (χ4n) is 1.59.